The van der Waals surface area contributed by atoms with Crippen LogP contribution in [-0.4, -0.2) is 11.6 Å². The summed E-state index contributed by atoms with van der Waals surface area (Å²) in [6.07, 6.45) is -10.5. The SMILES string of the molecule is O=C(c1ccccc1)c1cccc(C(F)(F)F)c1C(F)(F)F.O=C(c1ccccc1)c1ccccc1. The van der Waals surface area contributed by atoms with E-state index in [0.29, 0.717) is 6.07 Å². The Bertz CT molecular complexity index is 1270. The molecule has 36 heavy (non-hydrogen) atoms. The zero-order valence-electron chi connectivity index (χ0n) is 18.5. The van der Waals surface area contributed by atoms with Crippen molar-refractivity contribution < 1.29 is 35.9 Å². The number of hydrogen-bond donors (Lipinski definition) is 0. The smallest absolute Gasteiger partial charge is 0.289 e. The third kappa shape index (κ3) is 6.47. The number of ketones is 2. The summed E-state index contributed by atoms with van der Waals surface area (Å²) in [6.45, 7) is 0. The summed E-state index contributed by atoms with van der Waals surface area (Å²) in [4.78, 5) is 24.0. The first kappa shape index (κ1) is 26.4. The summed E-state index contributed by atoms with van der Waals surface area (Å²) in [5, 5.41) is 0. The number of halogens is 6. The van der Waals surface area contributed by atoms with Gasteiger partial charge in [0.1, 0.15) is 0 Å². The van der Waals surface area contributed by atoms with Crippen LogP contribution in [0.2, 0.25) is 0 Å². The molecular weight excluding hydrogens is 482 g/mol. The Hall–Kier alpha value is -4.20. The molecule has 0 aromatic heterocycles. The third-order valence-corrected chi connectivity index (χ3v) is 5.01. The van der Waals surface area contributed by atoms with Gasteiger partial charge in [0, 0.05) is 22.3 Å². The van der Waals surface area contributed by atoms with Crippen molar-refractivity contribution in [2.45, 2.75) is 12.4 Å². The van der Waals surface area contributed by atoms with Gasteiger partial charge in [0.05, 0.1) is 11.1 Å². The molecule has 0 saturated heterocycles. The number of carbonyl (C=O) groups is 2. The van der Waals surface area contributed by atoms with Gasteiger partial charge in [-0.1, -0.05) is 103 Å². The lowest BCUT2D eigenvalue weighted by molar-refractivity contribution is -0.162. The molecular formula is C28H18F6O2. The van der Waals surface area contributed by atoms with Crippen LogP contribution in [0.15, 0.2) is 109 Å². The number of benzene rings is 4. The summed E-state index contributed by atoms with van der Waals surface area (Å²) >= 11 is 0. The maximum atomic E-state index is 13.1. The standard InChI is InChI=1S/C15H8F6O.C13H10O/c16-14(17,18)11-8-4-7-10(12(11)15(19,20)21)13(22)9-5-2-1-3-6-9;14-13(11-7-3-1-4-8-11)12-9-5-2-6-10-12/h1-8H;1-10H. The van der Waals surface area contributed by atoms with Crippen molar-refractivity contribution >= 4 is 11.6 Å². The van der Waals surface area contributed by atoms with Gasteiger partial charge in [-0.05, 0) is 6.07 Å². The van der Waals surface area contributed by atoms with E-state index in [4.69, 9.17) is 0 Å². The fraction of sp³-hybridized carbons (Fsp3) is 0.0714. The Balaban J connectivity index is 0.000000221. The van der Waals surface area contributed by atoms with E-state index in [0.717, 1.165) is 23.3 Å². The summed E-state index contributed by atoms with van der Waals surface area (Å²) in [5.41, 5.74) is -3.50. The van der Waals surface area contributed by atoms with Crippen LogP contribution in [-0.2, 0) is 12.4 Å². The predicted molar refractivity (Wildman–Crippen MR) is 123 cm³/mol. The van der Waals surface area contributed by atoms with Crippen molar-refractivity contribution in [1.29, 1.82) is 0 Å². The van der Waals surface area contributed by atoms with Crippen molar-refractivity contribution in [1.82, 2.24) is 0 Å². The molecule has 0 bridgehead atoms. The lowest BCUT2D eigenvalue weighted by Crippen LogP contribution is -2.21. The van der Waals surface area contributed by atoms with E-state index in [1.807, 2.05) is 60.7 Å². The molecule has 2 nitrogen and oxygen atoms in total. The van der Waals surface area contributed by atoms with Gasteiger partial charge in [-0.15, -0.1) is 0 Å². The van der Waals surface area contributed by atoms with Crippen LogP contribution in [0.4, 0.5) is 26.3 Å². The molecule has 0 N–H and O–H groups in total. The summed E-state index contributed by atoms with van der Waals surface area (Å²) in [6, 6.07) is 27.3. The molecule has 0 aliphatic carbocycles. The van der Waals surface area contributed by atoms with E-state index < -0.39 is 34.8 Å². The molecule has 0 fully saturated rings. The quantitative estimate of drug-likeness (QED) is 0.211. The van der Waals surface area contributed by atoms with E-state index in [1.165, 1.54) is 30.3 Å². The molecule has 184 valence electrons. The summed E-state index contributed by atoms with van der Waals surface area (Å²) in [7, 11) is 0. The average Bonchev–Trinajstić information content (AvgIpc) is 2.88. The highest BCUT2D eigenvalue weighted by molar-refractivity contribution is 6.10. The van der Waals surface area contributed by atoms with E-state index in [2.05, 4.69) is 0 Å². The van der Waals surface area contributed by atoms with Gasteiger partial charge in [-0.2, -0.15) is 26.3 Å². The zero-order chi connectivity index (χ0) is 26.3. The molecule has 0 spiro atoms. The highest BCUT2D eigenvalue weighted by Gasteiger charge is 2.45. The fourth-order valence-electron chi connectivity index (χ4n) is 3.37. The molecule has 4 rings (SSSR count). The minimum absolute atomic E-state index is 0.0752. The van der Waals surface area contributed by atoms with Gasteiger partial charge in [-0.25, -0.2) is 0 Å². The van der Waals surface area contributed by atoms with Crippen LogP contribution in [0, 0.1) is 0 Å². The van der Waals surface area contributed by atoms with E-state index >= 15 is 0 Å². The molecule has 0 saturated carbocycles. The number of alkyl halides is 6. The van der Waals surface area contributed by atoms with E-state index in [9.17, 15) is 35.9 Å². The normalized spacial score (nSPS) is 11.3. The minimum atomic E-state index is -5.30. The fourth-order valence-corrected chi connectivity index (χ4v) is 3.37. The molecule has 4 aromatic rings. The zero-order valence-corrected chi connectivity index (χ0v) is 18.5. The van der Waals surface area contributed by atoms with Gasteiger partial charge in [0.2, 0.25) is 0 Å². The topological polar surface area (TPSA) is 34.1 Å². The molecule has 0 amide bonds. The van der Waals surface area contributed by atoms with Crippen molar-refractivity contribution in [3.05, 3.63) is 143 Å². The van der Waals surface area contributed by atoms with E-state index in [1.54, 1.807) is 0 Å². The van der Waals surface area contributed by atoms with Crippen LogP contribution < -0.4 is 0 Å². The lowest BCUT2D eigenvalue weighted by atomic mass is 9.94. The molecule has 0 unspecified atom stereocenters. The molecule has 0 aliphatic rings. The average molecular weight is 500 g/mol. The van der Waals surface area contributed by atoms with Crippen molar-refractivity contribution in [2.75, 3.05) is 0 Å². The van der Waals surface area contributed by atoms with Crippen molar-refractivity contribution in [3.8, 4) is 0 Å². The first-order valence-corrected chi connectivity index (χ1v) is 10.5. The number of carbonyl (C=O) groups excluding carboxylic acids is 2. The van der Waals surface area contributed by atoms with Gasteiger partial charge < -0.3 is 0 Å². The highest BCUT2D eigenvalue weighted by Crippen LogP contribution is 2.42. The number of rotatable bonds is 4. The lowest BCUT2D eigenvalue weighted by Gasteiger charge is -2.18. The van der Waals surface area contributed by atoms with Gasteiger partial charge in [0.15, 0.2) is 11.6 Å². The largest absolute Gasteiger partial charge is 0.417 e. The van der Waals surface area contributed by atoms with Gasteiger partial charge >= 0.3 is 12.4 Å². The summed E-state index contributed by atoms with van der Waals surface area (Å²) < 4.78 is 77.6. The van der Waals surface area contributed by atoms with Gasteiger partial charge in [0.25, 0.3) is 0 Å². The second-order valence-corrected chi connectivity index (χ2v) is 7.48. The molecule has 0 aliphatic heterocycles. The molecule has 0 atom stereocenters. The maximum Gasteiger partial charge on any atom is 0.417 e. The molecule has 0 radical (unpaired) electrons. The third-order valence-electron chi connectivity index (χ3n) is 5.01. The Morgan fingerprint density at radius 3 is 1.19 bits per heavy atom. The van der Waals surface area contributed by atoms with Gasteiger partial charge in [-0.3, -0.25) is 9.59 Å². The first-order chi connectivity index (χ1) is 17.0. The number of hydrogen-bond acceptors (Lipinski definition) is 2. The Labute approximate surface area is 202 Å². The molecule has 0 heterocycles. The van der Waals surface area contributed by atoms with Crippen LogP contribution in [0.1, 0.15) is 43.0 Å². The van der Waals surface area contributed by atoms with E-state index in [-0.39, 0.29) is 11.3 Å². The van der Waals surface area contributed by atoms with Crippen LogP contribution in [0.5, 0.6) is 0 Å². The second kappa shape index (κ2) is 11.0. The second-order valence-electron chi connectivity index (χ2n) is 7.48. The monoisotopic (exact) mass is 500 g/mol. The van der Waals surface area contributed by atoms with Crippen LogP contribution in [0.3, 0.4) is 0 Å². The van der Waals surface area contributed by atoms with Crippen molar-refractivity contribution in [3.63, 3.8) is 0 Å². The Kier molecular flexibility index (Phi) is 8.09. The Morgan fingerprint density at radius 1 is 0.444 bits per heavy atom. The maximum absolute atomic E-state index is 13.1. The predicted octanol–water partition coefficient (Wildman–Crippen LogP) is 7.87. The molecule has 8 heteroatoms. The highest BCUT2D eigenvalue weighted by atomic mass is 19.4. The Morgan fingerprint density at radius 2 is 0.833 bits per heavy atom. The van der Waals surface area contributed by atoms with Crippen LogP contribution in [0.25, 0.3) is 0 Å². The van der Waals surface area contributed by atoms with Crippen molar-refractivity contribution in [2.24, 2.45) is 0 Å². The summed E-state index contributed by atoms with van der Waals surface area (Å²) in [5.74, 6) is -1.04. The molecule has 4 aromatic carbocycles. The first-order valence-electron chi connectivity index (χ1n) is 10.5. The van der Waals surface area contributed by atoms with Crippen LogP contribution >= 0.6 is 0 Å². The minimum Gasteiger partial charge on any atom is -0.289 e.